The summed E-state index contributed by atoms with van der Waals surface area (Å²) in [6, 6.07) is 4.81. The monoisotopic (exact) mass is 408 g/mol. The summed E-state index contributed by atoms with van der Waals surface area (Å²) < 4.78 is 41.0. The molecule has 0 bridgehead atoms. The number of hydrogen-bond acceptors (Lipinski definition) is 5. The van der Waals surface area contributed by atoms with Gasteiger partial charge < -0.3 is 5.32 Å². The number of hydrogen-bond donors (Lipinski definition) is 1. The molecule has 12 heteroatoms. The fourth-order valence-corrected chi connectivity index (χ4v) is 2.61. The summed E-state index contributed by atoms with van der Waals surface area (Å²) in [6.07, 6.45) is -0.600. The number of nitrogens with zero attached hydrogens (tertiary/aromatic N) is 5. The highest BCUT2D eigenvalue weighted by Gasteiger charge is 2.30. The highest BCUT2D eigenvalue weighted by Crippen LogP contribution is 2.29. The number of aromatic nitrogens is 4. The van der Waals surface area contributed by atoms with Crippen molar-refractivity contribution >= 4 is 17.3 Å². The second kappa shape index (κ2) is 7.73. The molecule has 1 N–H and O–H groups in total. The van der Waals surface area contributed by atoms with Crippen LogP contribution in [0.1, 0.15) is 28.5 Å². The second-order valence-electron chi connectivity index (χ2n) is 6.05. The highest BCUT2D eigenvalue weighted by molar-refractivity contribution is 6.05. The van der Waals surface area contributed by atoms with Gasteiger partial charge in [-0.1, -0.05) is 12.1 Å². The van der Waals surface area contributed by atoms with Crippen LogP contribution in [0.2, 0.25) is 0 Å². The molecule has 0 atom stereocenters. The zero-order valence-corrected chi connectivity index (χ0v) is 15.1. The van der Waals surface area contributed by atoms with Gasteiger partial charge in [0, 0.05) is 12.7 Å². The smallest absolute Gasteiger partial charge is 0.318 e. The molecule has 0 unspecified atom stereocenters. The first-order valence-electron chi connectivity index (χ1n) is 8.39. The summed E-state index contributed by atoms with van der Waals surface area (Å²) in [7, 11) is 0. The Hall–Kier alpha value is -3.70. The quantitative estimate of drug-likeness (QED) is 0.497. The maximum atomic E-state index is 12.8. The number of anilines is 1. The molecule has 0 fully saturated rings. The third kappa shape index (κ3) is 4.59. The van der Waals surface area contributed by atoms with E-state index in [0.717, 1.165) is 18.3 Å². The molecule has 3 aromatic rings. The van der Waals surface area contributed by atoms with Gasteiger partial charge >= 0.3 is 11.9 Å². The van der Waals surface area contributed by atoms with Crippen molar-refractivity contribution in [2.75, 3.05) is 5.32 Å². The predicted octanol–water partition coefficient (Wildman–Crippen LogP) is 3.33. The first-order valence-corrected chi connectivity index (χ1v) is 8.39. The number of carbonyl (C=O) groups excluding carboxylic acids is 1. The standard InChI is InChI=1S/C17H15F3N6O3/c1-2-24-10-14(26(28)29)15(23-24)16(27)22-13-7-21-25(9-13)8-11-4-3-5-12(6-11)17(18,19)20/h3-7,9-10H,2,8H2,1H3,(H,22,27). The van der Waals surface area contributed by atoms with Crippen LogP contribution in [0.4, 0.5) is 24.5 Å². The maximum absolute atomic E-state index is 12.8. The van der Waals surface area contributed by atoms with Crippen LogP contribution in [-0.2, 0) is 19.3 Å². The normalized spacial score (nSPS) is 11.4. The molecule has 3 rings (SSSR count). The van der Waals surface area contributed by atoms with Gasteiger partial charge in [-0.2, -0.15) is 23.4 Å². The molecule has 152 valence electrons. The van der Waals surface area contributed by atoms with Crippen molar-refractivity contribution in [2.24, 2.45) is 0 Å². The summed E-state index contributed by atoms with van der Waals surface area (Å²) in [6.45, 7) is 2.11. The number of rotatable bonds is 6. The Balaban J connectivity index is 1.74. The molecule has 0 saturated heterocycles. The van der Waals surface area contributed by atoms with Gasteiger partial charge in [0.05, 0.1) is 28.9 Å². The van der Waals surface area contributed by atoms with Gasteiger partial charge in [0.2, 0.25) is 5.69 Å². The van der Waals surface area contributed by atoms with E-state index in [0.29, 0.717) is 12.1 Å². The molecule has 1 aromatic carbocycles. The number of halogens is 3. The minimum atomic E-state index is -4.45. The lowest BCUT2D eigenvalue weighted by atomic mass is 10.1. The topological polar surface area (TPSA) is 108 Å². The molecule has 0 spiro atoms. The first kappa shape index (κ1) is 20.0. The molecule has 29 heavy (non-hydrogen) atoms. The summed E-state index contributed by atoms with van der Waals surface area (Å²) in [5, 5.41) is 21.4. The van der Waals surface area contributed by atoms with Crippen molar-refractivity contribution in [1.82, 2.24) is 19.6 Å². The van der Waals surface area contributed by atoms with Crippen molar-refractivity contribution in [1.29, 1.82) is 0 Å². The molecule has 0 aliphatic rings. The molecule has 0 aliphatic carbocycles. The Morgan fingerprint density at radius 2 is 2.03 bits per heavy atom. The third-order valence-corrected chi connectivity index (χ3v) is 3.97. The van der Waals surface area contributed by atoms with E-state index in [4.69, 9.17) is 0 Å². The molecule has 2 aromatic heterocycles. The van der Waals surface area contributed by atoms with Crippen molar-refractivity contribution in [3.63, 3.8) is 0 Å². The van der Waals surface area contributed by atoms with Crippen LogP contribution in [0.3, 0.4) is 0 Å². The second-order valence-corrected chi connectivity index (χ2v) is 6.05. The highest BCUT2D eigenvalue weighted by atomic mass is 19.4. The van der Waals surface area contributed by atoms with Gasteiger partial charge in [0.15, 0.2) is 0 Å². The van der Waals surface area contributed by atoms with E-state index in [-0.39, 0.29) is 17.9 Å². The van der Waals surface area contributed by atoms with E-state index in [1.165, 1.54) is 33.9 Å². The van der Waals surface area contributed by atoms with Crippen molar-refractivity contribution in [3.8, 4) is 0 Å². The van der Waals surface area contributed by atoms with Crippen molar-refractivity contribution < 1.29 is 22.9 Å². The van der Waals surface area contributed by atoms with Gasteiger partial charge in [0.25, 0.3) is 5.91 Å². The Labute approximate surface area is 161 Å². The van der Waals surface area contributed by atoms with Crippen LogP contribution < -0.4 is 5.32 Å². The predicted molar refractivity (Wildman–Crippen MR) is 95.3 cm³/mol. The lowest BCUT2D eigenvalue weighted by molar-refractivity contribution is -0.385. The molecule has 9 nitrogen and oxygen atoms in total. The van der Waals surface area contributed by atoms with Crippen LogP contribution in [-0.4, -0.2) is 30.4 Å². The summed E-state index contributed by atoms with van der Waals surface area (Å²) in [5.41, 5.74) is -0.946. The molecular formula is C17H15F3N6O3. The summed E-state index contributed by atoms with van der Waals surface area (Å²) in [4.78, 5) is 22.7. The van der Waals surface area contributed by atoms with Gasteiger partial charge in [0.1, 0.15) is 6.20 Å². The fraction of sp³-hybridized carbons (Fsp3) is 0.235. The average Bonchev–Trinajstić information content (AvgIpc) is 3.28. The van der Waals surface area contributed by atoms with E-state index in [1.807, 2.05) is 0 Å². The average molecular weight is 408 g/mol. The molecule has 0 aliphatic heterocycles. The van der Waals surface area contributed by atoms with E-state index >= 15 is 0 Å². The van der Waals surface area contributed by atoms with Crippen molar-refractivity contribution in [2.45, 2.75) is 26.2 Å². The summed E-state index contributed by atoms with van der Waals surface area (Å²) in [5.74, 6) is -0.789. The summed E-state index contributed by atoms with van der Waals surface area (Å²) >= 11 is 0. The minimum Gasteiger partial charge on any atom is -0.318 e. The molecule has 2 heterocycles. The van der Waals surface area contributed by atoms with Crippen LogP contribution in [0, 0.1) is 10.1 Å². The lowest BCUT2D eigenvalue weighted by Crippen LogP contribution is -2.14. The number of benzene rings is 1. The number of aryl methyl sites for hydroxylation is 1. The zero-order valence-electron chi connectivity index (χ0n) is 15.1. The van der Waals surface area contributed by atoms with E-state index < -0.39 is 28.3 Å². The van der Waals surface area contributed by atoms with Crippen LogP contribution >= 0.6 is 0 Å². The zero-order chi connectivity index (χ0) is 21.2. The SMILES string of the molecule is CCn1cc([N+](=O)[O-])c(C(=O)Nc2cnn(Cc3cccc(C(F)(F)F)c3)c2)n1. The van der Waals surface area contributed by atoms with Gasteiger partial charge in [-0.3, -0.25) is 24.3 Å². The van der Waals surface area contributed by atoms with Crippen molar-refractivity contribution in [3.05, 3.63) is 69.8 Å². The van der Waals surface area contributed by atoms with E-state index in [2.05, 4.69) is 15.5 Å². The Morgan fingerprint density at radius 3 is 2.69 bits per heavy atom. The van der Waals surface area contributed by atoms with Crippen LogP contribution in [0.25, 0.3) is 0 Å². The van der Waals surface area contributed by atoms with E-state index in [9.17, 15) is 28.1 Å². The van der Waals surface area contributed by atoms with Crippen LogP contribution in [0.5, 0.6) is 0 Å². The number of nitro groups is 1. The largest absolute Gasteiger partial charge is 0.416 e. The molecule has 1 amide bonds. The Kier molecular flexibility index (Phi) is 5.35. The first-order chi connectivity index (χ1) is 13.7. The number of amides is 1. The van der Waals surface area contributed by atoms with Gasteiger partial charge in [-0.25, -0.2) is 0 Å². The minimum absolute atomic E-state index is 0.0460. The molecule has 0 saturated carbocycles. The number of nitrogens with one attached hydrogen (secondary N) is 1. The fourth-order valence-electron chi connectivity index (χ4n) is 2.61. The van der Waals surface area contributed by atoms with E-state index in [1.54, 1.807) is 6.92 Å². The van der Waals surface area contributed by atoms with Crippen LogP contribution in [0.15, 0.2) is 42.9 Å². The lowest BCUT2D eigenvalue weighted by Gasteiger charge is -2.08. The Morgan fingerprint density at radius 1 is 1.28 bits per heavy atom. The third-order valence-electron chi connectivity index (χ3n) is 3.97. The van der Waals surface area contributed by atoms with Gasteiger partial charge in [-0.05, 0) is 24.6 Å². The maximum Gasteiger partial charge on any atom is 0.416 e. The van der Waals surface area contributed by atoms with Gasteiger partial charge in [-0.15, -0.1) is 0 Å². The Bertz CT molecular complexity index is 1060. The molecular weight excluding hydrogens is 393 g/mol. The molecule has 0 radical (unpaired) electrons. The number of carbonyl (C=O) groups is 1. The number of alkyl halides is 3.